The van der Waals surface area contributed by atoms with E-state index in [0.717, 1.165) is 37.9 Å². The number of alkyl halides is 1. The summed E-state index contributed by atoms with van der Waals surface area (Å²) in [6.45, 7) is 2.42. The van der Waals surface area contributed by atoms with E-state index in [1.807, 2.05) is 6.07 Å². The quantitative estimate of drug-likeness (QED) is 0.677. The molecule has 2 N–H and O–H groups in total. The summed E-state index contributed by atoms with van der Waals surface area (Å²) in [6.07, 6.45) is 4.43. The summed E-state index contributed by atoms with van der Waals surface area (Å²) in [4.78, 5) is 24.0. The van der Waals surface area contributed by atoms with Crippen LogP contribution in [0.5, 0.6) is 0 Å². The van der Waals surface area contributed by atoms with Crippen LogP contribution in [0.25, 0.3) is 0 Å². The fourth-order valence-corrected chi connectivity index (χ4v) is 2.86. The maximum Gasteiger partial charge on any atom is 0.226 e. The van der Waals surface area contributed by atoms with E-state index in [9.17, 15) is 14.0 Å². The standard InChI is InChI=1S/C18H26FN3O3/c1-2-3-4-12(21-18(24)14-9-15(14)19)10-20-17(23)8-13-7-16(25-22-13)11-5-6-11/h7,11-12,14-15H,2-6,8-10H2,1H3,(H,20,23)(H,21,24). The lowest BCUT2D eigenvalue weighted by Crippen LogP contribution is -2.44. The molecule has 3 rings (SSSR count). The third-order valence-electron chi connectivity index (χ3n) is 4.75. The predicted octanol–water partition coefficient (Wildman–Crippen LogP) is 2.24. The third-order valence-corrected chi connectivity index (χ3v) is 4.75. The molecule has 138 valence electrons. The van der Waals surface area contributed by atoms with Crippen LogP contribution in [-0.2, 0) is 16.0 Å². The van der Waals surface area contributed by atoms with Crippen molar-refractivity contribution in [2.24, 2.45) is 5.92 Å². The number of halogens is 1. The van der Waals surface area contributed by atoms with Crippen molar-refractivity contribution in [3.8, 4) is 0 Å². The number of amides is 2. The number of hydrogen-bond donors (Lipinski definition) is 2. The van der Waals surface area contributed by atoms with Gasteiger partial charge >= 0.3 is 0 Å². The van der Waals surface area contributed by atoms with E-state index in [1.54, 1.807) is 0 Å². The van der Waals surface area contributed by atoms with Gasteiger partial charge in [0.15, 0.2) is 0 Å². The van der Waals surface area contributed by atoms with Gasteiger partial charge in [-0.1, -0.05) is 24.9 Å². The molecule has 0 saturated heterocycles. The molecule has 2 aliphatic carbocycles. The molecule has 3 atom stereocenters. The lowest BCUT2D eigenvalue weighted by molar-refractivity contribution is -0.124. The Morgan fingerprint density at radius 3 is 2.84 bits per heavy atom. The second-order valence-electron chi connectivity index (χ2n) is 7.18. The highest BCUT2D eigenvalue weighted by molar-refractivity contribution is 5.82. The van der Waals surface area contributed by atoms with Crippen LogP contribution in [0.2, 0.25) is 0 Å². The van der Waals surface area contributed by atoms with Crippen LogP contribution >= 0.6 is 0 Å². The average Bonchev–Trinajstić information content (AvgIpc) is 3.51. The van der Waals surface area contributed by atoms with Crippen LogP contribution in [0.15, 0.2) is 10.6 Å². The van der Waals surface area contributed by atoms with E-state index in [4.69, 9.17) is 4.52 Å². The Hall–Kier alpha value is -1.92. The van der Waals surface area contributed by atoms with Gasteiger partial charge in [0.2, 0.25) is 11.8 Å². The smallest absolute Gasteiger partial charge is 0.226 e. The Balaban J connectivity index is 1.43. The fourth-order valence-electron chi connectivity index (χ4n) is 2.86. The Bertz CT molecular complexity index is 614. The molecule has 25 heavy (non-hydrogen) atoms. The summed E-state index contributed by atoms with van der Waals surface area (Å²) < 4.78 is 18.2. The van der Waals surface area contributed by atoms with Gasteiger partial charge in [-0.2, -0.15) is 0 Å². The first-order valence-corrected chi connectivity index (χ1v) is 9.23. The number of carbonyl (C=O) groups excluding carboxylic acids is 2. The monoisotopic (exact) mass is 351 g/mol. The summed E-state index contributed by atoms with van der Waals surface area (Å²) in [6, 6.07) is 1.69. The molecule has 0 bridgehead atoms. The van der Waals surface area contributed by atoms with Gasteiger partial charge in [0.25, 0.3) is 0 Å². The Morgan fingerprint density at radius 2 is 2.20 bits per heavy atom. The molecule has 2 fully saturated rings. The number of rotatable bonds is 10. The van der Waals surface area contributed by atoms with Crippen LogP contribution in [0, 0.1) is 5.92 Å². The van der Waals surface area contributed by atoms with Crippen molar-refractivity contribution in [1.29, 1.82) is 0 Å². The van der Waals surface area contributed by atoms with Crippen molar-refractivity contribution in [3.63, 3.8) is 0 Å². The Morgan fingerprint density at radius 1 is 1.44 bits per heavy atom. The van der Waals surface area contributed by atoms with Gasteiger partial charge in [0, 0.05) is 24.6 Å². The fraction of sp³-hybridized carbons (Fsp3) is 0.722. The first-order chi connectivity index (χ1) is 12.1. The lowest BCUT2D eigenvalue weighted by atomic mass is 10.1. The van der Waals surface area contributed by atoms with Gasteiger partial charge in [-0.25, -0.2) is 4.39 Å². The summed E-state index contributed by atoms with van der Waals surface area (Å²) >= 11 is 0. The molecule has 6 nitrogen and oxygen atoms in total. The molecule has 1 aromatic rings. The number of aromatic nitrogens is 1. The third kappa shape index (κ3) is 5.28. The van der Waals surface area contributed by atoms with Gasteiger partial charge in [-0.05, 0) is 25.7 Å². The average molecular weight is 351 g/mol. The topological polar surface area (TPSA) is 84.2 Å². The molecule has 7 heteroatoms. The Kier molecular flexibility index (Phi) is 5.71. The molecule has 2 saturated carbocycles. The normalized spacial score (nSPS) is 23.1. The molecule has 1 aromatic heterocycles. The van der Waals surface area contributed by atoms with Crippen molar-refractivity contribution in [2.75, 3.05) is 6.54 Å². The number of nitrogens with one attached hydrogen (secondary N) is 2. The van der Waals surface area contributed by atoms with E-state index in [-0.39, 0.29) is 24.3 Å². The highest BCUT2D eigenvalue weighted by Gasteiger charge is 2.44. The number of carbonyl (C=O) groups is 2. The van der Waals surface area contributed by atoms with E-state index < -0.39 is 12.1 Å². The Labute approximate surface area is 146 Å². The lowest BCUT2D eigenvalue weighted by Gasteiger charge is -2.19. The summed E-state index contributed by atoms with van der Waals surface area (Å²) in [5.41, 5.74) is 0.631. The minimum atomic E-state index is -1.01. The molecule has 2 aliphatic rings. The van der Waals surface area contributed by atoms with E-state index >= 15 is 0 Å². The zero-order chi connectivity index (χ0) is 17.8. The summed E-state index contributed by atoms with van der Waals surface area (Å²) in [7, 11) is 0. The zero-order valence-electron chi connectivity index (χ0n) is 14.6. The maximum absolute atomic E-state index is 13.0. The van der Waals surface area contributed by atoms with Crippen molar-refractivity contribution >= 4 is 11.8 Å². The molecule has 0 aromatic carbocycles. The largest absolute Gasteiger partial charge is 0.361 e. The van der Waals surface area contributed by atoms with Gasteiger partial charge in [0.05, 0.1) is 18.0 Å². The number of unbranched alkanes of at least 4 members (excludes halogenated alkanes) is 1. The van der Waals surface area contributed by atoms with Crippen LogP contribution in [0.4, 0.5) is 4.39 Å². The molecule has 2 amide bonds. The van der Waals surface area contributed by atoms with Crippen molar-refractivity contribution in [3.05, 3.63) is 17.5 Å². The van der Waals surface area contributed by atoms with Crippen LogP contribution < -0.4 is 10.6 Å². The van der Waals surface area contributed by atoms with Gasteiger partial charge in [-0.3, -0.25) is 9.59 Å². The SMILES string of the molecule is CCCCC(CNC(=O)Cc1cc(C2CC2)on1)NC(=O)C1CC1F. The summed E-state index contributed by atoms with van der Waals surface area (Å²) in [5.74, 6) is 0.436. The van der Waals surface area contributed by atoms with Crippen LogP contribution in [0.3, 0.4) is 0 Å². The van der Waals surface area contributed by atoms with Crippen LogP contribution in [0.1, 0.15) is 62.8 Å². The predicted molar refractivity (Wildman–Crippen MR) is 89.7 cm³/mol. The van der Waals surface area contributed by atoms with E-state index in [0.29, 0.717) is 24.6 Å². The van der Waals surface area contributed by atoms with E-state index in [2.05, 4.69) is 22.7 Å². The highest BCUT2D eigenvalue weighted by atomic mass is 19.1. The molecule has 3 unspecified atom stereocenters. The molecular weight excluding hydrogens is 325 g/mol. The van der Waals surface area contributed by atoms with Gasteiger partial charge in [-0.15, -0.1) is 0 Å². The minimum Gasteiger partial charge on any atom is -0.361 e. The molecule has 0 spiro atoms. The first kappa shape index (κ1) is 17.9. The maximum atomic E-state index is 13.0. The first-order valence-electron chi connectivity index (χ1n) is 9.23. The summed E-state index contributed by atoms with van der Waals surface area (Å²) in [5, 5.41) is 9.64. The van der Waals surface area contributed by atoms with Crippen molar-refractivity contribution < 1.29 is 18.5 Å². The molecule has 0 aliphatic heterocycles. The van der Waals surface area contributed by atoms with Gasteiger partial charge in [0.1, 0.15) is 11.9 Å². The van der Waals surface area contributed by atoms with Crippen molar-refractivity contribution in [1.82, 2.24) is 15.8 Å². The number of nitrogens with zero attached hydrogens (tertiary/aromatic N) is 1. The molecule has 0 radical (unpaired) electrons. The van der Waals surface area contributed by atoms with E-state index in [1.165, 1.54) is 0 Å². The minimum absolute atomic E-state index is 0.152. The number of hydrogen-bond acceptors (Lipinski definition) is 4. The molecule has 1 heterocycles. The zero-order valence-corrected chi connectivity index (χ0v) is 14.6. The second-order valence-corrected chi connectivity index (χ2v) is 7.18. The van der Waals surface area contributed by atoms with Crippen molar-refractivity contribution in [2.45, 2.75) is 70.0 Å². The van der Waals surface area contributed by atoms with Crippen LogP contribution in [-0.4, -0.2) is 35.7 Å². The van der Waals surface area contributed by atoms with Gasteiger partial charge < -0.3 is 15.2 Å². The molecular formula is C18H26FN3O3. The second kappa shape index (κ2) is 7.97. The highest BCUT2D eigenvalue weighted by Crippen LogP contribution is 2.40.